The first-order valence-electron chi connectivity index (χ1n) is 21.5. The van der Waals surface area contributed by atoms with E-state index in [1.54, 1.807) is 0 Å². The molecule has 2 aliphatic heterocycles. The summed E-state index contributed by atoms with van der Waals surface area (Å²) >= 11 is 0. The van der Waals surface area contributed by atoms with Gasteiger partial charge in [0, 0.05) is 55.8 Å². The second-order valence-corrected chi connectivity index (χ2v) is 16.5. The highest BCUT2D eigenvalue weighted by molar-refractivity contribution is 7.00. The third-order valence-corrected chi connectivity index (χ3v) is 12.9. The van der Waals surface area contributed by atoms with Gasteiger partial charge in [0.2, 0.25) is 0 Å². The lowest BCUT2D eigenvalue weighted by atomic mass is 9.33. The van der Waals surface area contributed by atoms with Gasteiger partial charge in [-0.05, 0) is 108 Å². The number of hydrogen-bond donors (Lipinski definition) is 0. The fourth-order valence-corrected chi connectivity index (χ4v) is 10.3. The minimum atomic E-state index is -0.0107. The van der Waals surface area contributed by atoms with Gasteiger partial charge in [0.15, 0.2) is 5.58 Å². The average Bonchev–Trinajstić information content (AvgIpc) is 3.92. The number of anilines is 9. The summed E-state index contributed by atoms with van der Waals surface area (Å²) in [7, 11) is 0. The molecule has 0 N–H and O–H groups in total. The van der Waals surface area contributed by atoms with Crippen LogP contribution in [-0.4, -0.2) is 6.71 Å². The molecule has 2 aromatic heterocycles. The Balaban J connectivity index is 1.21. The highest BCUT2D eigenvalue weighted by atomic mass is 16.3. The highest BCUT2D eigenvalue weighted by Crippen LogP contribution is 2.52. The van der Waals surface area contributed by atoms with Gasteiger partial charge in [-0.25, -0.2) is 0 Å². The first-order valence-corrected chi connectivity index (χ1v) is 21.5. The summed E-state index contributed by atoms with van der Waals surface area (Å²) in [5.41, 5.74) is 18.2. The van der Waals surface area contributed by atoms with Crippen molar-refractivity contribution in [1.82, 2.24) is 0 Å². The Morgan fingerprint density at radius 2 is 1.00 bits per heavy atom. The highest BCUT2D eigenvalue weighted by Gasteiger charge is 2.44. The van der Waals surface area contributed by atoms with Crippen LogP contribution < -0.4 is 31.1 Å². The van der Waals surface area contributed by atoms with Crippen molar-refractivity contribution in [3.05, 3.63) is 218 Å². The molecule has 0 saturated carbocycles. The Morgan fingerprint density at radius 3 is 1.67 bits per heavy atom. The van der Waals surface area contributed by atoms with Crippen molar-refractivity contribution in [2.24, 2.45) is 0 Å². The van der Waals surface area contributed by atoms with Crippen molar-refractivity contribution in [2.45, 2.75) is 6.92 Å². The summed E-state index contributed by atoms with van der Waals surface area (Å²) in [5.74, 6) is 0.848. The van der Waals surface area contributed by atoms with E-state index in [2.05, 4.69) is 221 Å². The maximum atomic E-state index is 6.96. The summed E-state index contributed by atoms with van der Waals surface area (Å²) in [6, 6.07) is 76.4. The van der Waals surface area contributed by atoms with Gasteiger partial charge in [0.05, 0.1) is 17.1 Å². The zero-order valence-electron chi connectivity index (χ0n) is 34.4. The van der Waals surface area contributed by atoms with Crippen LogP contribution >= 0.6 is 0 Å². The molecule has 9 aromatic carbocycles. The van der Waals surface area contributed by atoms with Gasteiger partial charge >= 0.3 is 0 Å². The van der Waals surface area contributed by atoms with Crippen molar-refractivity contribution in [3.63, 3.8) is 0 Å². The number of rotatable bonds is 6. The molecule has 0 radical (unpaired) electrons. The minimum Gasteiger partial charge on any atom is -0.461 e. The van der Waals surface area contributed by atoms with Crippen LogP contribution in [0.15, 0.2) is 221 Å². The smallest absolute Gasteiger partial charge is 0.252 e. The maximum absolute atomic E-state index is 6.96. The molecular weight excluding hydrogens is 769 g/mol. The van der Waals surface area contributed by atoms with Gasteiger partial charge in [-0.3, -0.25) is 0 Å². The van der Waals surface area contributed by atoms with Crippen LogP contribution in [0.25, 0.3) is 44.0 Å². The van der Waals surface area contributed by atoms with E-state index >= 15 is 0 Å². The van der Waals surface area contributed by atoms with Crippen LogP contribution in [0.1, 0.15) is 5.76 Å². The molecule has 0 unspecified atom stereocenters. The number of para-hydroxylation sites is 6. The number of aryl methyl sites for hydroxylation is 1. The Bertz CT molecular complexity index is 3450. The first-order chi connectivity index (χ1) is 31.2. The molecule has 5 nitrogen and oxygen atoms in total. The van der Waals surface area contributed by atoms with Crippen LogP contribution in [-0.2, 0) is 0 Å². The maximum Gasteiger partial charge on any atom is 0.252 e. The topological polar surface area (TPSA) is 36.0 Å². The lowest BCUT2D eigenvalue weighted by Crippen LogP contribution is -2.61. The Hall–Kier alpha value is -8.22. The van der Waals surface area contributed by atoms with Crippen LogP contribution in [0.2, 0.25) is 0 Å². The quantitative estimate of drug-likeness (QED) is 0.156. The summed E-state index contributed by atoms with van der Waals surface area (Å²) in [5, 5.41) is 3.16. The van der Waals surface area contributed by atoms with E-state index in [9.17, 15) is 0 Å². The largest absolute Gasteiger partial charge is 0.461 e. The summed E-state index contributed by atoms with van der Waals surface area (Å²) < 4.78 is 13.4. The number of furan rings is 2. The van der Waals surface area contributed by atoms with Crippen molar-refractivity contribution >= 4 is 107 Å². The Morgan fingerprint density at radius 1 is 0.444 bits per heavy atom. The van der Waals surface area contributed by atoms with E-state index in [1.165, 1.54) is 16.4 Å². The molecule has 6 heteroatoms. The first kappa shape index (κ1) is 35.5. The van der Waals surface area contributed by atoms with E-state index < -0.39 is 0 Å². The molecule has 11 aromatic rings. The third kappa shape index (κ3) is 5.38. The average molecular weight is 808 g/mol. The van der Waals surface area contributed by atoms with Crippen LogP contribution in [0, 0.1) is 6.92 Å². The second kappa shape index (κ2) is 13.9. The van der Waals surface area contributed by atoms with Gasteiger partial charge in [-0.15, -0.1) is 0 Å². The molecule has 296 valence electrons. The second-order valence-electron chi connectivity index (χ2n) is 16.5. The normalized spacial score (nSPS) is 12.7. The van der Waals surface area contributed by atoms with Crippen LogP contribution in [0.4, 0.5) is 51.2 Å². The third-order valence-electron chi connectivity index (χ3n) is 12.9. The molecule has 0 fully saturated rings. The molecular formula is C57H38BN3O2. The molecule has 0 aliphatic carbocycles. The zero-order valence-corrected chi connectivity index (χ0v) is 34.4. The lowest BCUT2D eigenvalue weighted by Gasteiger charge is -2.45. The van der Waals surface area contributed by atoms with E-state index in [0.29, 0.717) is 0 Å². The van der Waals surface area contributed by atoms with Crippen molar-refractivity contribution in [3.8, 4) is 11.1 Å². The predicted molar refractivity (Wildman–Crippen MR) is 262 cm³/mol. The standard InChI is InChI=1S/C57H38BN3O2/c1-37-34-45-54(62-37)33-32-42(38-18-5-2-6-19-38)56(45)61(50-30-17-25-44-43-24-11-16-31-53(43)63-57(44)50)41-35-51-55-52(36-41)60(40-22-9-4-10-23-40)49-29-15-13-27-47(49)58(55)46-26-12-14-28-48(46)59(51)39-20-7-3-8-21-39/h2-36H,1H3. The molecule has 0 bridgehead atoms. The fraction of sp³-hybridized carbons (Fsp3) is 0.0175. The molecule has 2 aliphatic rings. The predicted octanol–water partition coefficient (Wildman–Crippen LogP) is 13.9. The SMILES string of the molecule is Cc1cc2c(N(c3cc4c5c(c3)N(c3ccccc3)c3ccccc3B5c3ccccc3N4c3ccccc3)c3cccc4c3oc3ccccc34)c(-c3ccccc3)ccc2o1. The van der Waals surface area contributed by atoms with E-state index in [4.69, 9.17) is 8.83 Å². The summed E-state index contributed by atoms with van der Waals surface area (Å²) in [6.45, 7) is 2.02. The van der Waals surface area contributed by atoms with Gasteiger partial charge in [0.1, 0.15) is 16.9 Å². The van der Waals surface area contributed by atoms with Gasteiger partial charge in [-0.1, -0.05) is 133 Å². The zero-order chi connectivity index (χ0) is 41.6. The van der Waals surface area contributed by atoms with E-state index in [-0.39, 0.29) is 6.71 Å². The molecule has 0 atom stereocenters. The Labute approximate surface area is 365 Å². The van der Waals surface area contributed by atoms with Gasteiger partial charge < -0.3 is 23.5 Å². The van der Waals surface area contributed by atoms with Gasteiger partial charge in [0.25, 0.3) is 6.71 Å². The van der Waals surface area contributed by atoms with Gasteiger partial charge in [-0.2, -0.15) is 0 Å². The molecule has 0 saturated heterocycles. The Kier molecular flexibility index (Phi) is 7.85. The van der Waals surface area contributed by atoms with E-state index in [1.807, 2.05) is 13.0 Å². The molecule has 0 amide bonds. The molecule has 4 heterocycles. The van der Waals surface area contributed by atoms with Crippen molar-refractivity contribution < 1.29 is 8.83 Å². The number of hydrogen-bond acceptors (Lipinski definition) is 5. The molecule has 63 heavy (non-hydrogen) atoms. The molecule has 0 spiro atoms. The van der Waals surface area contributed by atoms with Crippen LogP contribution in [0.5, 0.6) is 0 Å². The number of nitrogens with zero attached hydrogens (tertiary/aromatic N) is 3. The summed E-state index contributed by atoms with van der Waals surface area (Å²) in [4.78, 5) is 7.36. The summed E-state index contributed by atoms with van der Waals surface area (Å²) in [6.07, 6.45) is 0. The lowest BCUT2D eigenvalue weighted by molar-refractivity contribution is 0.578. The van der Waals surface area contributed by atoms with Crippen molar-refractivity contribution in [2.75, 3.05) is 14.7 Å². The molecule has 13 rings (SSSR count). The van der Waals surface area contributed by atoms with Crippen LogP contribution in [0.3, 0.4) is 0 Å². The fourth-order valence-electron chi connectivity index (χ4n) is 10.3. The number of fused-ring (bicyclic) bond motifs is 8. The van der Waals surface area contributed by atoms with Crippen molar-refractivity contribution in [1.29, 1.82) is 0 Å². The number of benzene rings is 9. The minimum absolute atomic E-state index is 0.0107. The van der Waals surface area contributed by atoms with E-state index in [0.717, 1.165) is 101 Å². The monoisotopic (exact) mass is 807 g/mol.